The summed E-state index contributed by atoms with van der Waals surface area (Å²) in [6.45, 7) is 19.9. The fourth-order valence-electron chi connectivity index (χ4n) is 8.63. The summed E-state index contributed by atoms with van der Waals surface area (Å²) >= 11 is 0. The van der Waals surface area contributed by atoms with Gasteiger partial charge in [-0.1, -0.05) is 12.1 Å². The van der Waals surface area contributed by atoms with Crippen LogP contribution in [0.5, 0.6) is 11.5 Å². The summed E-state index contributed by atoms with van der Waals surface area (Å²) in [5.74, 6) is -1.55. The number of imidazole rings is 1. The topological polar surface area (TPSA) is 191 Å². The van der Waals surface area contributed by atoms with E-state index in [0.29, 0.717) is 24.3 Å². The molecule has 0 aliphatic carbocycles. The van der Waals surface area contributed by atoms with Gasteiger partial charge in [0, 0.05) is 57.5 Å². The summed E-state index contributed by atoms with van der Waals surface area (Å²) < 4.78 is 79.3. The number of amides is 1. The van der Waals surface area contributed by atoms with Gasteiger partial charge in [-0.25, -0.2) is 22.5 Å². The Bertz CT molecular complexity index is 2570. The molecule has 20 heteroatoms. The fraction of sp³-hybridized carbons (Fsp3) is 0.473. The Balaban J connectivity index is 0.000000336. The van der Waals surface area contributed by atoms with Crippen LogP contribution in [0.2, 0.25) is 0 Å². The van der Waals surface area contributed by atoms with Crippen molar-refractivity contribution in [3.8, 4) is 11.5 Å². The number of nitrogens with zero attached hydrogens (tertiary/aromatic N) is 2. The van der Waals surface area contributed by atoms with Crippen molar-refractivity contribution in [2.24, 2.45) is 5.73 Å². The number of benzene rings is 4. The molecule has 414 valence electrons. The monoisotopic (exact) mass is 1090 g/mol. The summed E-state index contributed by atoms with van der Waals surface area (Å²) in [5.41, 5.74) is 10.1. The van der Waals surface area contributed by atoms with Crippen molar-refractivity contribution < 1.29 is 56.3 Å². The van der Waals surface area contributed by atoms with Crippen molar-refractivity contribution in [2.75, 3.05) is 26.3 Å². The molecule has 75 heavy (non-hydrogen) atoms. The van der Waals surface area contributed by atoms with Crippen LogP contribution in [0.3, 0.4) is 0 Å². The summed E-state index contributed by atoms with van der Waals surface area (Å²) in [4.78, 5) is 25.8. The molecule has 1 amide bonds. The number of ether oxygens (including phenoxy) is 4. The number of carbonyl (C=O) groups is 2. The fourth-order valence-corrected chi connectivity index (χ4v) is 8.63. The molecule has 5 aromatic rings. The number of carbonyl (C=O) groups excluding carboxylic acids is 2. The number of aliphatic hydroxyl groups excluding tert-OH is 2. The van der Waals surface area contributed by atoms with E-state index in [1.807, 2.05) is 91.8 Å². The third kappa shape index (κ3) is 19.4. The molecule has 2 aliphatic heterocycles. The van der Waals surface area contributed by atoms with Crippen molar-refractivity contribution in [3.05, 3.63) is 148 Å². The SMILES string of the molecule is CC(=O)N[C@@H](Cc1cc(F)cc(F)c1)[C@H](O)CNC1COC(C)(C)c2ccc(OC(C)C)cc21.CC(=O)n1ccnc1.CC(C)Oc1ccc2c(c1)C(NC[C@@H](O)[C@@H](N)Cc1cc(F)cc(F)c1)COC2(C)C.Cl.Cl. The predicted octanol–water partition coefficient (Wildman–Crippen LogP) is 8.72. The minimum Gasteiger partial charge on any atom is -0.491 e. The molecule has 0 spiro atoms. The van der Waals surface area contributed by atoms with Crippen molar-refractivity contribution in [3.63, 3.8) is 0 Å². The lowest BCUT2D eigenvalue weighted by Gasteiger charge is -2.38. The Morgan fingerprint density at radius 2 is 1.13 bits per heavy atom. The lowest BCUT2D eigenvalue weighted by atomic mass is 9.86. The molecule has 0 fully saturated rings. The lowest BCUT2D eigenvalue weighted by molar-refractivity contribution is -0.120. The first-order valence-corrected chi connectivity index (χ1v) is 24.4. The first-order valence-electron chi connectivity index (χ1n) is 24.4. The van der Waals surface area contributed by atoms with Crippen LogP contribution in [0.4, 0.5) is 17.6 Å². The molecular formula is C55H74Cl2F4N6O8. The van der Waals surface area contributed by atoms with Crippen LogP contribution >= 0.6 is 24.8 Å². The number of nitrogens with one attached hydrogen (secondary N) is 3. The largest absolute Gasteiger partial charge is 0.491 e. The zero-order valence-electron chi connectivity index (χ0n) is 44.2. The van der Waals surface area contributed by atoms with Crippen molar-refractivity contribution in [2.45, 2.75) is 142 Å². The highest BCUT2D eigenvalue weighted by atomic mass is 35.5. The number of hydrogen-bond donors (Lipinski definition) is 6. The van der Waals surface area contributed by atoms with Crippen LogP contribution in [0.25, 0.3) is 0 Å². The van der Waals surface area contributed by atoms with Crippen LogP contribution in [0.15, 0.2) is 91.5 Å². The number of rotatable bonds is 17. The molecule has 3 heterocycles. The van der Waals surface area contributed by atoms with Gasteiger partial charge in [0.15, 0.2) is 0 Å². The molecule has 1 aromatic heterocycles. The van der Waals surface area contributed by atoms with Gasteiger partial charge in [-0.3, -0.25) is 14.2 Å². The Morgan fingerprint density at radius 3 is 1.51 bits per heavy atom. The smallest absolute Gasteiger partial charge is 0.228 e. The zero-order chi connectivity index (χ0) is 53.8. The summed E-state index contributed by atoms with van der Waals surface area (Å²) in [6, 6.07) is 16.6. The first kappa shape index (κ1) is 64.1. The summed E-state index contributed by atoms with van der Waals surface area (Å²) in [6.07, 6.45) is 3.08. The molecule has 7 N–H and O–H groups in total. The number of aliphatic hydroxyl groups is 2. The molecule has 7 rings (SSSR count). The highest BCUT2D eigenvalue weighted by Gasteiger charge is 2.36. The van der Waals surface area contributed by atoms with E-state index in [1.54, 1.807) is 12.4 Å². The highest BCUT2D eigenvalue weighted by Crippen LogP contribution is 2.40. The third-order valence-corrected chi connectivity index (χ3v) is 12.2. The predicted molar refractivity (Wildman–Crippen MR) is 285 cm³/mol. The lowest BCUT2D eigenvalue weighted by Crippen LogP contribution is -2.49. The highest BCUT2D eigenvalue weighted by molar-refractivity contribution is 5.85. The quantitative estimate of drug-likeness (QED) is 0.0487. The summed E-state index contributed by atoms with van der Waals surface area (Å²) in [5, 5.41) is 30.8. The standard InChI is InChI=1S/C26H34F2N2O4.C24H32F2N2O3.C5H6N2O.2ClH/c1-15(2)34-20-6-7-22-21(12-20)24(14-33-26(22,4)5)29-13-25(32)23(30-16(3)31)10-17-8-18(27)11-19(28)9-17;1-14(2)31-18-5-6-20-19(11-18)22(13-30-24(20,3)4)28-12-23(29)21(27)9-15-7-16(25)10-17(26)8-15;1-5(8)7-3-2-6-4-7;;/h6-9,11-12,15,23-25,29,32H,10,13-14H2,1-5H3,(H,30,31);5-8,10-11,14,21-23,28-29H,9,12-13,27H2,1-4H3;2-4H,1H3;2*1H/t23-,24?,25+;21-,22?,23+;;;/m00.../s1. The molecule has 0 saturated carbocycles. The van der Waals surface area contributed by atoms with E-state index < -0.39 is 58.8 Å². The van der Waals surface area contributed by atoms with Crippen LogP contribution in [0.1, 0.15) is 119 Å². The van der Waals surface area contributed by atoms with Crippen molar-refractivity contribution >= 4 is 36.6 Å². The van der Waals surface area contributed by atoms with Gasteiger partial charge >= 0.3 is 0 Å². The van der Waals surface area contributed by atoms with Crippen molar-refractivity contribution in [1.29, 1.82) is 0 Å². The second-order valence-electron chi connectivity index (χ2n) is 20.0. The van der Waals surface area contributed by atoms with Gasteiger partial charge in [0.25, 0.3) is 0 Å². The van der Waals surface area contributed by atoms with Crippen LogP contribution in [0, 0.1) is 23.3 Å². The van der Waals surface area contributed by atoms with E-state index in [4.69, 9.17) is 24.7 Å². The average Bonchev–Trinajstić information content (AvgIpc) is 3.84. The van der Waals surface area contributed by atoms with Crippen LogP contribution < -0.4 is 31.2 Å². The molecule has 2 unspecified atom stereocenters. The van der Waals surface area contributed by atoms with Crippen molar-refractivity contribution in [1.82, 2.24) is 25.5 Å². The molecule has 6 atom stereocenters. The van der Waals surface area contributed by atoms with E-state index in [1.165, 1.54) is 49.0 Å². The Kier molecular flexibility index (Phi) is 24.7. The van der Waals surface area contributed by atoms with E-state index in [-0.39, 0.29) is 86.9 Å². The maximum absolute atomic E-state index is 13.6. The molecular weight excluding hydrogens is 1020 g/mol. The maximum Gasteiger partial charge on any atom is 0.228 e. The van der Waals surface area contributed by atoms with Gasteiger partial charge in [0.05, 0.1) is 67.0 Å². The van der Waals surface area contributed by atoms with Gasteiger partial charge < -0.3 is 50.8 Å². The van der Waals surface area contributed by atoms with E-state index in [2.05, 4.69) is 20.9 Å². The zero-order valence-corrected chi connectivity index (χ0v) is 45.8. The third-order valence-electron chi connectivity index (χ3n) is 12.2. The van der Waals surface area contributed by atoms with E-state index in [9.17, 15) is 37.4 Å². The van der Waals surface area contributed by atoms with Gasteiger partial charge in [-0.15, -0.1) is 24.8 Å². The Morgan fingerprint density at radius 1 is 0.707 bits per heavy atom. The van der Waals surface area contributed by atoms with Gasteiger partial charge in [-0.05, 0) is 150 Å². The molecule has 0 bridgehead atoms. The van der Waals surface area contributed by atoms with Gasteiger partial charge in [0.1, 0.15) is 41.1 Å². The van der Waals surface area contributed by atoms with Crippen LogP contribution in [-0.4, -0.2) is 94.4 Å². The number of hydrogen-bond acceptors (Lipinski definition) is 12. The molecule has 0 saturated heterocycles. The Hall–Kier alpha value is -5.15. The second-order valence-corrected chi connectivity index (χ2v) is 20.0. The number of halogens is 6. The van der Waals surface area contributed by atoms with Gasteiger partial charge in [0.2, 0.25) is 11.8 Å². The molecule has 4 aromatic carbocycles. The maximum atomic E-state index is 13.6. The number of fused-ring (bicyclic) bond motifs is 2. The molecule has 2 aliphatic rings. The van der Waals surface area contributed by atoms with E-state index in [0.717, 1.165) is 45.9 Å². The first-order chi connectivity index (χ1) is 34.3. The second kappa shape index (κ2) is 28.8. The van der Waals surface area contributed by atoms with Crippen LogP contribution in [-0.2, 0) is 38.3 Å². The Labute approximate surface area is 450 Å². The molecule has 0 radical (unpaired) electrons. The summed E-state index contributed by atoms with van der Waals surface area (Å²) in [7, 11) is 0. The minimum absolute atomic E-state index is 0. The number of nitrogens with two attached hydrogens (primary N) is 1. The normalized spacial score (nSPS) is 17.6. The number of aromatic nitrogens is 2. The minimum atomic E-state index is -1.01. The van der Waals surface area contributed by atoms with E-state index >= 15 is 0 Å². The molecule has 14 nitrogen and oxygen atoms in total. The van der Waals surface area contributed by atoms with Gasteiger partial charge in [-0.2, -0.15) is 0 Å². The average molecular weight is 1090 g/mol.